The van der Waals surface area contributed by atoms with Crippen molar-refractivity contribution in [1.82, 2.24) is 4.90 Å². The average Bonchev–Trinajstić information content (AvgIpc) is 2.76. The molecule has 3 atom stereocenters. The van der Waals surface area contributed by atoms with Crippen LogP contribution in [-0.4, -0.2) is 36.6 Å². The summed E-state index contributed by atoms with van der Waals surface area (Å²) in [6.07, 6.45) is 6.32. The van der Waals surface area contributed by atoms with Crippen LogP contribution in [0.4, 0.5) is 0 Å². The van der Waals surface area contributed by atoms with Crippen LogP contribution in [0, 0.1) is 5.92 Å². The molecule has 1 amide bonds. The fraction of sp³-hybridized carbons (Fsp3) is 0.611. The highest BCUT2D eigenvalue weighted by Crippen LogP contribution is 2.42. The molecule has 0 spiro atoms. The Bertz CT molecular complexity index is 682. The second kappa shape index (κ2) is 5.62. The topological polar surface area (TPSA) is 54.5 Å². The summed E-state index contributed by atoms with van der Waals surface area (Å²) in [5, 5.41) is -0.340. The molecule has 1 unspecified atom stereocenters. The van der Waals surface area contributed by atoms with E-state index in [-0.39, 0.29) is 23.3 Å². The molecule has 5 heteroatoms. The number of nitrogens with zero attached hydrogens (tertiary/aromatic N) is 1. The number of carbonyl (C=O) groups excluding carboxylic acids is 1. The van der Waals surface area contributed by atoms with Crippen LogP contribution in [0.1, 0.15) is 44.9 Å². The van der Waals surface area contributed by atoms with E-state index in [0.717, 1.165) is 32.1 Å². The summed E-state index contributed by atoms with van der Waals surface area (Å²) in [5.74, 6) is 0.500. The maximum absolute atomic E-state index is 12.9. The molecule has 0 radical (unpaired) electrons. The number of sulfone groups is 1. The highest BCUT2D eigenvalue weighted by Gasteiger charge is 2.48. The van der Waals surface area contributed by atoms with E-state index < -0.39 is 9.84 Å². The molecule has 124 valence electrons. The van der Waals surface area contributed by atoms with Gasteiger partial charge in [0.15, 0.2) is 9.84 Å². The zero-order valence-corrected chi connectivity index (χ0v) is 14.0. The van der Waals surface area contributed by atoms with E-state index in [1.807, 2.05) is 6.07 Å². The van der Waals surface area contributed by atoms with Gasteiger partial charge in [-0.05, 0) is 50.7 Å². The fourth-order valence-electron chi connectivity index (χ4n) is 4.41. The van der Waals surface area contributed by atoms with Crippen molar-refractivity contribution in [3.8, 4) is 0 Å². The summed E-state index contributed by atoms with van der Waals surface area (Å²) in [4.78, 5) is 15.1. The third-order valence-corrected chi connectivity index (χ3v) is 8.10. The normalized spacial score (nSPS) is 31.0. The van der Waals surface area contributed by atoms with Crippen LogP contribution in [0.2, 0.25) is 0 Å². The van der Waals surface area contributed by atoms with E-state index in [2.05, 4.69) is 4.90 Å². The van der Waals surface area contributed by atoms with Gasteiger partial charge in [-0.25, -0.2) is 8.42 Å². The van der Waals surface area contributed by atoms with Gasteiger partial charge in [0.2, 0.25) is 5.91 Å². The third-order valence-electron chi connectivity index (χ3n) is 5.91. The summed E-state index contributed by atoms with van der Waals surface area (Å²) in [7, 11) is -3.29. The number of hydrogen-bond acceptors (Lipinski definition) is 3. The smallest absolute Gasteiger partial charge is 0.226 e. The number of amides is 1. The molecule has 4 rings (SSSR count). The predicted octanol–water partition coefficient (Wildman–Crippen LogP) is 2.78. The van der Waals surface area contributed by atoms with E-state index in [0.29, 0.717) is 23.6 Å². The second-order valence-electron chi connectivity index (χ2n) is 7.21. The van der Waals surface area contributed by atoms with Gasteiger partial charge in [0.25, 0.3) is 0 Å². The fourth-order valence-corrected chi connectivity index (χ4v) is 6.28. The molecule has 2 saturated heterocycles. The Balaban J connectivity index is 1.54. The van der Waals surface area contributed by atoms with Crippen molar-refractivity contribution in [2.45, 2.75) is 67.2 Å². The molecule has 3 fully saturated rings. The van der Waals surface area contributed by atoms with Crippen LogP contribution in [-0.2, 0) is 14.6 Å². The lowest BCUT2D eigenvalue weighted by Crippen LogP contribution is -2.52. The standard InChI is InChI=1S/C18H23NO3S/c20-18(13-5-4-6-13)19-14-9-10-15(19)12-17(11-14)23(21,22)16-7-2-1-3-8-16/h1-3,7-8,13-15,17H,4-6,9-12H2/t14-,15+,17?. The first-order chi connectivity index (χ1) is 11.1. The number of rotatable bonds is 3. The van der Waals surface area contributed by atoms with Gasteiger partial charge in [0.05, 0.1) is 10.1 Å². The molecule has 23 heavy (non-hydrogen) atoms. The van der Waals surface area contributed by atoms with E-state index in [1.54, 1.807) is 24.3 Å². The lowest BCUT2D eigenvalue weighted by Gasteiger charge is -2.41. The number of fused-ring (bicyclic) bond motifs is 2. The van der Waals surface area contributed by atoms with E-state index in [1.165, 1.54) is 0 Å². The zero-order valence-electron chi connectivity index (χ0n) is 13.2. The highest BCUT2D eigenvalue weighted by molar-refractivity contribution is 7.92. The maximum atomic E-state index is 12.9. The summed E-state index contributed by atoms with van der Waals surface area (Å²) in [6.45, 7) is 0. The third kappa shape index (κ3) is 2.49. The Morgan fingerprint density at radius 3 is 2.09 bits per heavy atom. The zero-order chi connectivity index (χ0) is 16.0. The molecule has 0 N–H and O–H groups in total. The Labute approximate surface area is 137 Å². The van der Waals surface area contributed by atoms with E-state index in [9.17, 15) is 13.2 Å². The Morgan fingerprint density at radius 1 is 0.957 bits per heavy atom. The van der Waals surface area contributed by atoms with Crippen molar-refractivity contribution in [3.63, 3.8) is 0 Å². The molecule has 1 saturated carbocycles. The monoisotopic (exact) mass is 333 g/mol. The molecule has 4 nitrogen and oxygen atoms in total. The van der Waals surface area contributed by atoms with Crippen LogP contribution >= 0.6 is 0 Å². The molecule has 1 aromatic rings. The largest absolute Gasteiger partial charge is 0.336 e. The minimum absolute atomic E-state index is 0.130. The predicted molar refractivity (Wildman–Crippen MR) is 87.6 cm³/mol. The van der Waals surface area contributed by atoms with Crippen molar-refractivity contribution in [3.05, 3.63) is 30.3 Å². The van der Waals surface area contributed by atoms with Gasteiger partial charge in [-0.15, -0.1) is 0 Å². The summed E-state index contributed by atoms with van der Waals surface area (Å²) in [5.41, 5.74) is 0. The van der Waals surface area contributed by atoms with Gasteiger partial charge < -0.3 is 4.90 Å². The van der Waals surface area contributed by atoms with E-state index >= 15 is 0 Å². The van der Waals surface area contributed by atoms with Gasteiger partial charge in [-0.1, -0.05) is 24.6 Å². The van der Waals surface area contributed by atoms with Crippen LogP contribution in [0.25, 0.3) is 0 Å². The van der Waals surface area contributed by atoms with Crippen LogP contribution < -0.4 is 0 Å². The lowest BCUT2D eigenvalue weighted by molar-refractivity contribution is -0.142. The first kappa shape index (κ1) is 15.2. The molecule has 2 bridgehead atoms. The van der Waals surface area contributed by atoms with Gasteiger partial charge in [0.1, 0.15) is 0 Å². The van der Waals surface area contributed by atoms with Crippen molar-refractivity contribution in [1.29, 1.82) is 0 Å². The Morgan fingerprint density at radius 2 is 1.57 bits per heavy atom. The Hall–Kier alpha value is -1.36. The molecule has 2 aliphatic heterocycles. The van der Waals surface area contributed by atoms with Crippen LogP contribution in [0.3, 0.4) is 0 Å². The summed E-state index contributed by atoms with van der Waals surface area (Å²) < 4.78 is 25.8. The average molecular weight is 333 g/mol. The first-order valence-corrected chi connectivity index (χ1v) is 10.2. The number of hydrogen-bond donors (Lipinski definition) is 0. The number of carbonyl (C=O) groups is 1. The van der Waals surface area contributed by atoms with Crippen molar-refractivity contribution >= 4 is 15.7 Å². The van der Waals surface area contributed by atoms with Crippen LogP contribution in [0.5, 0.6) is 0 Å². The SMILES string of the molecule is O=C(C1CCC1)N1[C@@H]2CC[C@H]1CC(S(=O)(=O)c1ccccc1)C2. The summed E-state index contributed by atoms with van der Waals surface area (Å²) in [6, 6.07) is 9.01. The van der Waals surface area contributed by atoms with Gasteiger partial charge in [-0.3, -0.25) is 4.79 Å². The molecule has 3 aliphatic rings. The molecule has 1 aliphatic carbocycles. The molecule has 0 aromatic heterocycles. The van der Waals surface area contributed by atoms with Crippen molar-refractivity contribution in [2.24, 2.45) is 5.92 Å². The van der Waals surface area contributed by atoms with Crippen molar-refractivity contribution in [2.75, 3.05) is 0 Å². The van der Waals surface area contributed by atoms with Crippen LogP contribution in [0.15, 0.2) is 35.2 Å². The minimum Gasteiger partial charge on any atom is -0.336 e. The lowest BCUT2D eigenvalue weighted by atomic mass is 9.83. The molecule has 1 aromatic carbocycles. The van der Waals surface area contributed by atoms with E-state index in [4.69, 9.17) is 0 Å². The number of benzene rings is 1. The summed E-state index contributed by atoms with van der Waals surface area (Å²) >= 11 is 0. The van der Waals surface area contributed by atoms with Gasteiger partial charge in [0, 0.05) is 18.0 Å². The van der Waals surface area contributed by atoms with Gasteiger partial charge in [-0.2, -0.15) is 0 Å². The Kier molecular flexibility index (Phi) is 3.71. The minimum atomic E-state index is -3.29. The number of piperidine rings is 1. The quantitative estimate of drug-likeness (QED) is 0.855. The molecular weight excluding hydrogens is 310 g/mol. The highest BCUT2D eigenvalue weighted by atomic mass is 32.2. The maximum Gasteiger partial charge on any atom is 0.226 e. The van der Waals surface area contributed by atoms with Crippen molar-refractivity contribution < 1.29 is 13.2 Å². The molecule has 2 heterocycles. The molecular formula is C18H23NO3S. The van der Waals surface area contributed by atoms with Gasteiger partial charge >= 0.3 is 0 Å². The second-order valence-corrected chi connectivity index (χ2v) is 9.44. The first-order valence-electron chi connectivity index (χ1n) is 8.68.